The number of anilines is 1. The average molecular weight is 336 g/mol. The predicted molar refractivity (Wildman–Crippen MR) is 95.9 cm³/mol. The van der Waals surface area contributed by atoms with E-state index in [1.807, 2.05) is 73.6 Å². The largest absolute Gasteiger partial charge is 0.378 e. The molecule has 0 unspecified atom stereocenters. The van der Waals surface area contributed by atoms with Crippen LogP contribution in [0.2, 0.25) is 0 Å². The highest BCUT2D eigenvalue weighted by atomic mass is 16.2. The van der Waals surface area contributed by atoms with Gasteiger partial charge in [0.05, 0.1) is 0 Å². The van der Waals surface area contributed by atoms with Gasteiger partial charge in [0.25, 0.3) is 0 Å². The number of nitrogens with one attached hydrogen (secondary N) is 1. The van der Waals surface area contributed by atoms with E-state index in [1.165, 1.54) is 4.80 Å². The molecule has 128 valence electrons. The minimum Gasteiger partial charge on any atom is -0.378 e. The van der Waals surface area contributed by atoms with Crippen molar-refractivity contribution < 1.29 is 4.79 Å². The molecule has 0 aliphatic heterocycles. The molecule has 3 rings (SSSR count). The summed E-state index contributed by atoms with van der Waals surface area (Å²) in [4.78, 5) is 15.3. The van der Waals surface area contributed by atoms with Gasteiger partial charge < -0.3 is 10.2 Å². The van der Waals surface area contributed by atoms with E-state index in [2.05, 4.69) is 20.7 Å². The molecular formula is C18H20N6O. The molecule has 7 heteroatoms. The van der Waals surface area contributed by atoms with Gasteiger partial charge in [0.2, 0.25) is 11.7 Å². The number of rotatable bonds is 6. The Hall–Kier alpha value is -3.22. The molecule has 1 N–H and O–H groups in total. The van der Waals surface area contributed by atoms with E-state index in [-0.39, 0.29) is 12.5 Å². The lowest BCUT2D eigenvalue weighted by atomic mass is 10.2. The van der Waals surface area contributed by atoms with Crippen LogP contribution >= 0.6 is 0 Å². The molecule has 25 heavy (non-hydrogen) atoms. The molecule has 1 aromatic heterocycles. The zero-order valence-electron chi connectivity index (χ0n) is 14.3. The van der Waals surface area contributed by atoms with E-state index in [9.17, 15) is 4.79 Å². The van der Waals surface area contributed by atoms with Crippen molar-refractivity contribution in [3.8, 4) is 11.4 Å². The third-order valence-corrected chi connectivity index (χ3v) is 3.71. The lowest BCUT2D eigenvalue weighted by Gasteiger charge is -2.11. The van der Waals surface area contributed by atoms with Gasteiger partial charge in [-0.25, -0.2) is 0 Å². The fraction of sp³-hybridized carbons (Fsp3) is 0.222. The van der Waals surface area contributed by atoms with Gasteiger partial charge in [-0.05, 0) is 35.0 Å². The summed E-state index contributed by atoms with van der Waals surface area (Å²) in [5.41, 5.74) is 3.00. The molecule has 0 aliphatic rings. The summed E-state index contributed by atoms with van der Waals surface area (Å²) in [6.07, 6.45) is 0. The Morgan fingerprint density at radius 2 is 1.80 bits per heavy atom. The van der Waals surface area contributed by atoms with Gasteiger partial charge >= 0.3 is 0 Å². The van der Waals surface area contributed by atoms with Gasteiger partial charge in [0.1, 0.15) is 6.54 Å². The molecule has 0 spiro atoms. The molecule has 1 heterocycles. The molecule has 0 atom stereocenters. The predicted octanol–water partition coefficient (Wildman–Crippen LogP) is 1.72. The van der Waals surface area contributed by atoms with Crippen LogP contribution < -0.4 is 10.2 Å². The number of tetrazole rings is 1. The highest BCUT2D eigenvalue weighted by Gasteiger charge is 2.09. The van der Waals surface area contributed by atoms with E-state index in [1.54, 1.807) is 0 Å². The van der Waals surface area contributed by atoms with Crippen molar-refractivity contribution in [1.29, 1.82) is 0 Å². The van der Waals surface area contributed by atoms with Crippen LogP contribution in [0.1, 0.15) is 5.56 Å². The van der Waals surface area contributed by atoms with E-state index < -0.39 is 0 Å². The number of benzene rings is 2. The first-order valence-corrected chi connectivity index (χ1v) is 7.98. The lowest BCUT2D eigenvalue weighted by Crippen LogP contribution is -2.28. The van der Waals surface area contributed by atoms with E-state index >= 15 is 0 Å². The molecule has 0 radical (unpaired) electrons. The van der Waals surface area contributed by atoms with Crippen molar-refractivity contribution in [2.75, 3.05) is 19.0 Å². The van der Waals surface area contributed by atoms with E-state index in [0.29, 0.717) is 12.4 Å². The van der Waals surface area contributed by atoms with Crippen LogP contribution in [0.4, 0.5) is 5.69 Å². The van der Waals surface area contributed by atoms with Gasteiger partial charge in [-0.2, -0.15) is 4.80 Å². The first kappa shape index (κ1) is 16.6. The van der Waals surface area contributed by atoms with Gasteiger partial charge in [-0.15, -0.1) is 10.2 Å². The molecule has 0 saturated heterocycles. The molecule has 0 aliphatic carbocycles. The van der Waals surface area contributed by atoms with Crippen LogP contribution in [0.25, 0.3) is 11.4 Å². The second kappa shape index (κ2) is 7.57. The topological polar surface area (TPSA) is 75.9 Å². The monoisotopic (exact) mass is 336 g/mol. The smallest absolute Gasteiger partial charge is 0.243 e. The molecule has 7 nitrogen and oxygen atoms in total. The Morgan fingerprint density at radius 1 is 1.08 bits per heavy atom. The highest BCUT2D eigenvalue weighted by Crippen LogP contribution is 2.18. The summed E-state index contributed by atoms with van der Waals surface area (Å²) in [5, 5.41) is 15.1. The Labute approximate surface area is 146 Å². The first-order valence-electron chi connectivity index (χ1n) is 7.98. The maximum atomic E-state index is 12.0. The van der Waals surface area contributed by atoms with Crippen molar-refractivity contribution >= 4 is 11.6 Å². The van der Waals surface area contributed by atoms with Crippen molar-refractivity contribution in [3.63, 3.8) is 0 Å². The normalized spacial score (nSPS) is 10.5. The zero-order chi connectivity index (χ0) is 17.6. The summed E-state index contributed by atoms with van der Waals surface area (Å²) in [7, 11) is 3.97. The number of hydrogen-bond donors (Lipinski definition) is 1. The van der Waals surface area contributed by atoms with Crippen molar-refractivity contribution in [3.05, 3.63) is 60.2 Å². The number of nitrogens with zero attached hydrogens (tertiary/aromatic N) is 5. The first-order chi connectivity index (χ1) is 12.1. The second-order valence-electron chi connectivity index (χ2n) is 5.85. The summed E-state index contributed by atoms with van der Waals surface area (Å²) in [6.45, 7) is 0.517. The van der Waals surface area contributed by atoms with Crippen molar-refractivity contribution in [1.82, 2.24) is 25.5 Å². The number of aromatic nitrogens is 4. The summed E-state index contributed by atoms with van der Waals surface area (Å²) < 4.78 is 0. The van der Waals surface area contributed by atoms with Crippen LogP contribution in [-0.2, 0) is 17.9 Å². The Morgan fingerprint density at radius 3 is 2.48 bits per heavy atom. The SMILES string of the molecule is CN(C)c1ccc(-c2nnn(CC(=O)NCc3ccccc3)n2)cc1. The van der Waals surface area contributed by atoms with Crippen LogP contribution in [0, 0.1) is 0 Å². The van der Waals surface area contributed by atoms with Crippen molar-refractivity contribution in [2.24, 2.45) is 0 Å². The molecule has 0 bridgehead atoms. The van der Waals surface area contributed by atoms with Crippen LogP contribution in [0.3, 0.4) is 0 Å². The molecule has 0 fully saturated rings. The summed E-state index contributed by atoms with van der Waals surface area (Å²) in [5.74, 6) is 0.344. The standard InChI is InChI=1S/C18H20N6O/c1-23(2)16-10-8-15(9-11-16)18-20-22-24(21-18)13-17(25)19-12-14-6-4-3-5-7-14/h3-11H,12-13H2,1-2H3,(H,19,25). The van der Waals surface area contributed by atoms with Crippen LogP contribution in [-0.4, -0.2) is 40.2 Å². The summed E-state index contributed by atoms with van der Waals surface area (Å²) in [6, 6.07) is 17.6. The Kier molecular flexibility index (Phi) is 5.03. The average Bonchev–Trinajstić information content (AvgIpc) is 3.09. The molecule has 1 amide bonds. The minimum absolute atomic E-state index is 0.0373. The van der Waals surface area contributed by atoms with Gasteiger partial charge in [0, 0.05) is 31.9 Å². The minimum atomic E-state index is -0.157. The molecular weight excluding hydrogens is 316 g/mol. The van der Waals surface area contributed by atoms with Crippen LogP contribution in [0.5, 0.6) is 0 Å². The summed E-state index contributed by atoms with van der Waals surface area (Å²) >= 11 is 0. The highest BCUT2D eigenvalue weighted by molar-refractivity contribution is 5.75. The number of carbonyl (C=O) groups excluding carboxylic acids is 1. The quantitative estimate of drug-likeness (QED) is 0.742. The van der Waals surface area contributed by atoms with Crippen LogP contribution in [0.15, 0.2) is 54.6 Å². The second-order valence-corrected chi connectivity index (χ2v) is 5.85. The maximum Gasteiger partial charge on any atom is 0.243 e. The number of carbonyl (C=O) groups is 1. The third kappa shape index (κ3) is 4.41. The van der Waals surface area contributed by atoms with E-state index in [0.717, 1.165) is 16.8 Å². The maximum absolute atomic E-state index is 12.0. The fourth-order valence-corrected chi connectivity index (χ4v) is 2.32. The van der Waals surface area contributed by atoms with Crippen molar-refractivity contribution in [2.45, 2.75) is 13.1 Å². The molecule has 0 saturated carbocycles. The van der Waals surface area contributed by atoms with Gasteiger partial charge in [-0.1, -0.05) is 30.3 Å². The molecule has 3 aromatic rings. The van der Waals surface area contributed by atoms with E-state index in [4.69, 9.17) is 0 Å². The fourth-order valence-electron chi connectivity index (χ4n) is 2.32. The van der Waals surface area contributed by atoms with Gasteiger partial charge in [-0.3, -0.25) is 4.79 Å². The lowest BCUT2D eigenvalue weighted by molar-refractivity contribution is -0.122. The number of hydrogen-bond acceptors (Lipinski definition) is 5. The Balaban J connectivity index is 1.58. The zero-order valence-corrected chi connectivity index (χ0v) is 14.3. The third-order valence-electron chi connectivity index (χ3n) is 3.71. The Bertz CT molecular complexity index is 826. The number of amides is 1. The van der Waals surface area contributed by atoms with Gasteiger partial charge in [0.15, 0.2) is 0 Å². The molecule has 2 aromatic carbocycles.